The molecule has 0 amide bonds. The Morgan fingerprint density at radius 1 is 0.714 bits per heavy atom. The molecule has 4 saturated carbocycles. The van der Waals surface area contributed by atoms with Gasteiger partial charge in [0, 0.05) is 0 Å². The van der Waals surface area contributed by atoms with Crippen LogP contribution >= 0.6 is 0 Å². The van der Waals surface area contributed by atoms with Crippen LogP contribution in [0, 0.1) is 52.3 Å². The van der Waals surface area contributed by atoms with Crippen LogP contribution in [0.2, 0.25) is 0 Å². The first-order chi connectivity index (χ1) is 13.4. The van der Waals surface area contributed by atoms with Gasteiger partial charge >= 0.3 is 0 Å². The van der Waals surface area contributed by atoms with Crippen molar-refractivity contribution < 1.29 is 0 Å². The Morgan fingerprint density at radius 2 is 1.50 bits per heavy atom. The Balaban J connectivity index is 1.47. The molecule has 0 spiro atoms. The molecule has 4 fully saturated rings. The first kappa shape index (κ1) is 21.2. The third-order valence-corrected chi connectivity index (χ3v) is 11.0. The standard InChI is InChI=1S/C28H50/c1-20(2)10-9-11-21(3)24-15-16-25-23-14-13-22-12-7-6-8-18-27(22,4)26(23)17-19-28(24,25)5/h20-26H,6-19H2,1-5H3/t21?,22?,23?,24-,25?,26?,27+,28-/m1/s1. The maximum atomic E-state index is 2.76. The van der Waals surface area contributed by atoms with Gasteiger partial charge in [-0.3, -0.25) is 0 Å². The second-order valence-corrected chi connectivity index (χ2v) is 12.8. The fourth-order valence-electron chi connectivity index (χ4n) is 9.50. The minimum absolute atomic E-state index is 0.673. The molecule has 0 aromatic carbocycles. The van der Waals surface area contributed by atoms with Gasteiger partial charge in [-0.15, -0.1) is 0 Å². The van der Waals surface area contributed by atoms with Gasteiger partial charge in [-0.05, 0) is 104 Å². The summed E-state index contributed by atoms with van der Waals surface area (Å²) in [6.07, 6.45) is 21.4. The van der Waals surface area contributed by atoms with Gasteiger partial charge in [-0.2, -0.15) is 0 Å². The lowest BCUT2D eigenvalue weighted by atomic mass is 9.46. The van der Waals surface area contributed by atoms with E-state index in [1.807, 2.05) is 0 Å². The molecule has 0 heterocycles. The molecule has 0 heteroatoms. The van der Waals surface area contributed by atoms with Gasteiger partial charge in [0.2, 0.25) is 0 Å². The summed E-state index contributed by atoms with van der Waals surface area (Å²) in [6, 6.07) is 0. The van der Waals surface area contributed by atoms with Crippen molar-refractivity contribution in [1.82, 2.24) is 0 Å². The van der Waals surface area contributed by atoms with Crippen LogP contribution in [0.5, 0.6) is 0 Å². The molecule has 4 aliphatic carbocycles. The zero-order chi connectivity index (χ0) is 19.9. The monoisotopic (exact) mass is 386 g/mol. The molecule has 0 aromatic heterocycles. The molecule has 28 heavy (non-hydrogen) atoms. The summed E-state index contributed by atoms with van der Waals surface area (Å²) in [4.78, 5) is 0. The molecule has 5 unspecified atom stereocenters. The number of rotatable bonds is 5. The number of hydrogen-bond donors (Lipinski definition) is 0. The molecular weight excluding hydrogens is 336 g/mol. The number of hydrogen-bond acceptors (Lipinski definition) is 0. The van der Waals surface area contributed by atoms with E-state index in [1.54, 1.807) is 51.4 Å². The van der Waals surface area contributed by atoms with Gasteiger partial charge in [0.05, 0.1) is 0 Å². The van der Waals surface area contributed by atoms with Crippen molar-refractivity contribution in [3.8, 4) is 0 Å². The van der Waals surface area contributed by atoms with Crippen molar-refractivity contribution in [3.63, 3.8) is 0 Å². The SMILES string of the molecule is CC(C)CCCC(C)[C@H]1CCC2C3CCC4CCCCC[C@]4(C)C3CC[C@@]21C. The molecule has 162 valence electrons. The molecule has 8 atom stereocenters. The molecule has 0 saturated heterocycles. The molecule has 0 radical (unpaired) electrons. The van der Waals surface area contributed by atoms with Crippen LogP contribution in [0.25, 0.3) is 0 Å². The smallest absolute Gasteiger partial charge is 0.0264 e. The average Bonchev–Trinajstić information content (AvgIpc) is 2.87. The van der Waals surface area contributed by atoms with Crippen LogP contribution in [0.3, 0.4) is 0 Å². The zero-order valence-electron chi connectivity index (χ0n) is 19.9. The van der Waals surface area contributed by atoms with Crippen molar-refractivity contribution in [2.75, 3.05) is 0 Å². The first-order valence-corrected chi connectivity index (χ1v) is 13.4. The van der Waals surface area contributed by atoms with E-state index in [4.69, 9.17) is 0 Å². The van der Waals surface area contributed by atoms with Crippen LogP contribution < -0.4 is 0 Å². The summed E-state index contributed by atoms with van der Waals surface area (Å²) in [5.74, 6) is 7.12. The van der Waals surface area contributed by atoms with E-state index >= 15 is 0 Å². The predicted octanol–water partition coefficient (Wildman–Crippen LogP) is 8.89. The van der Waals surface area contributed by atoms with Crippen LogP contribution in [-0.4, -0.2) is 0 Å². The third kappa shape index (κ3) is 3.62. The van der Waals surface area contributed by atoms with Gasteiger partial charge in [0.1, 0.15) is 0 Å². The van der Waals surface area contributed by atoms with Crippen LogP contribution in [-0.2, 0) is 0 Å². The Hall–Kier alpha value is 0. The third-order valence-electron chi connectivity index (χ3n) is 11.0. The van der Waals surface area contributed by atoms with Gasteiger partial charge in [-0.1, -0.05) is 73.1 Å². The lowest BCUT2D eigenvalue weighted by Crippen LogP contribution is -2.52. The quantitative estimate of drug-likeness (QED) is 0.442. The molecular formula is C28H50. The van der Waals surface area contributed by atoms with Crippen molar-refractivity contribution in [1.29, 1.82) is 0 Å². The lowest BCUT2D eigenvalue weighted by Gasteiger charge is -2.59. The van der Waals surface area contributed by atoms with E-state index in [-0.39, 0.29) is 0 Å². The van der Waals surface area contributed by atoms with Gasteiger partial charge in [0.15, 0.2) is 0 Å². The summed E-state index contributed by atoms with van der Waals surface area (Å²) >= 11 is 0. The van der Waals surface area contributed by atoms with Crippen molar-refractivity contribution >= 4 is 0 Å². The molecule has 0 N–H and O–H groups in total. The normalized spacial score (nSPS) is 47.1. The summed E-state index contributed by atoms with van der Waals surface area (Å²) in [5, 5.41) is 0. The highest BCUT2D eigenvalue weighted by atomic mass is 14.6. The Labute approximate surface area is 177 Å². The predicted molar refractivity (Wildman–Crippen MR) is 122 cm³/mol. The first-order valence-electron chi connectivity index (χ1n) is 13.4. The Morgan fingerprint density at radius 3 is 2.29 bits per heavy atom. The fraction of sp³-hybridized carbons (Fsp3) is 1.00. The molecule has 0 aromatic rings. The number of fused-ring (bicyclic) bond motifs is 5. The highest BCUT2D eigenvalue weighted by molar-refractivity contribution is 5.08. The van der Waals surface area contributed by atoms with Crippen molar-refractivity contribution in [3.05, 3.63) is 0 Å². The summed E-state index contributed by atoms with van der Waals surface area (Å²) in [5.41, 5.74) is 1.37. The highest BCUT2D eigenvalue weighted by Gasteiger charge is 2.59. The maximum absolute atomic E-state index is 2.76. The van der Waals surface area contributed by atoms with Crippen LogP contribution in [0.15, 0.2) is 0 Å². The second-order valence-electron chi connectivity index (χ2n) is 12.8. The van der Waals surface area contributed by atoms with Gasteiger partial charge in [0.25, 0.3) is 0 Å². The summed E-state index contributed by atoms with van der Waals surface area (Å²) < 4.78 is 0. The Kier molecular flexibility index (Phi) is 6.27. The molecule has 0 nitrogen and oxygen atoms in total. The van der Waals surface area contributed by atoms with E-state index in [2.05, 4.69) is 34.6 Å². The molecule has 0 bridgehead atoms. The van der Waals surface area contributed by atoms with E-state index in [0.717, 1.165) is 41.4 Å². The highest BCUT2D eigenvalue weighted by Crippen LogP contribution is 2.68. The largest absolute Gasteiger partial charge is 0.0628 e. The van der Waals surface area contributed by atoms with Crippen LogP contribution in [0.1, 0.15) is 125 Å². The van der Waals surface area contributed by atoms with E-state index in [0.29, 0.717) is 10.8 Å². The average molecular weight is 387 g/mol. The summed E-state index contributed by atoms with van der Waals surface area (Å²) in [6.45, 7) is 12.9. The van der Waals surface area contributed by atoms with E-state index in [9.17, 15) is 0 Å². The summed E-state index contributed by atoms with van der Waals surface area (Å²) in [7, 11) is 0. The topological polar surface area (TPSA) is 0 Å². The lowest BCUT2D eigenvalue weighted by molar-refractivity contribution is -0.103. The van der Waals surface area contributed by atoms with E-state index in [1.165, 1.54) is 38.5 Å². The van der Waals surface area contributed by atoms with Crippen LogP contribution in [0.4, 0.5) is 0 Å². The minimum atomic E-state index is 0.673. The van der Waals surface area contributed by atoms with Crippen molar-refractivity contribution in [2.45, 2.75) is 125 Å². The molecule has 0 aliphatic heterocycles. The molecule has 4 rings (SSSR count). The van der Waals surface area contributed by atoms with E-state index < -0.39 is 0 Å². The van der Waals surface area contributed by atoms with Crippen molar-refractivity contribution in [2.24, 2.45) is 52.3 Å². The maximum Gasteiger partial charge on any atom is -0.0264 e. The Bertz CT molecular complexity index is 520. The van der Waals surface area contributed by atoms with Gasteiger partial charge in [-0.25, -0.2) is 0 Å². The molecule has 4 aliphatic rings. The van der Waals surface area contributed by atoms with Gasteiger partial charge < -0.3 is 0 Å². The minimum Gasteiger partial charge on any atom is -0.0628 e. The fourth-order valence-corrected chi connectivity index (χ4v) is 9.50. The second kappa shape index (κ2) is 8.26. The zero-order valence-corrected chi connectivity index (χ0v) is 19.9.